The number of guanidine groups is 1. The second-order valence-corrected chi connectivity index (χ2v) is 11.1. The highest BCUT2D eigenvalue weighted by molar-refractivity contribution is 14.1. The summed E-state index contributed by atoms with van der Waals surface area (Å²) in [6.07, 6.45) is 6.35. The minimum Gasteiger partial charge on any atom is -0.361 e. The standard InChI is InChI=1S/C22H26F2IN5O2/c1-14-9-19(30-13-22(25)10-16(30)12-32-22)27-20-28(14)8-5-18(21(2,23)24)29(20)11-17(31)15-3-6-26-7-4-15/h3-4,6-7,9,14,16,18H,5,8,10-13H2,1-2H3/t14?,16?,18-,22-/m0/s1. The third-order valence-corrected chi connectivity index (χ3v) is 7.84. The van der Waals surface area contributed by atoms with E-state index in [1.807, 2.05) is 11.8 Å². The predicted octanol–water partition coefficient (Wildman–Crippen LogP) is 3.13. The molecule has 0 spiro atoms. The summed E-state index contributed by atoms with van der Waals surface area (Å²) >= 11 is 2.36. The molecule has 3 saturated heterocycles. The van der Waals surface area contributed by atoms with Crippen LogP contribution in [0, 0.1) is 0 Å². The molecule has 4 aliphatic rings. The quantitative estimate of drug-likeness (QED) is 0.315. The number of carbonyl (C=O) groups is 1. The third kappa shape index (κ3) is 3.89. The number of rotatable bonds is 5. The van der Waals surface area contributed by atoms with E-state index in [4.69, 9.17) is 9.73 Å². The topological polar surface area (TPSA) is 61.3 Å². The van der Waals surface area contributed by atoms with Gasteiger partial charge in [-0.3, -0.25) is 9.78 Å². The maximum absolute atomic E-state index is 14.7. The van der Waals surface area contributed by atoms with E-state index in [1.54, 1.807) is 12.1 Å². The normalized spacial score (nSPS) is 32.0. The van der Waals surface area contributed by atoms with Crippen molar-refractivity contribution in [3.8, 4) is 0 Å². The molecule has 5 heterocycles. The monoisotopic (exact) mass is 557 g/mol. The Bertz CT molecular complexity index is 969. The largest absolute Gasteiger partial charge is 0.361 e. The van der Waals surface area contributed by atoms with E-state index in [0.717, 1.165) is 25.7 Å². The van der Waals surface area contributed by atoms with Gasteiger partial charge in [-0.15, -0.1) is 0 Å². The first kappa shape index (κ1) is 22.0. The summed E-state index contributed by atoms with van der Waals surface area (Å²) in [5, 5.41) is 0. The molecule has 1 aromatic heterocycles. The SMILES string of the molecule is CC1C=C(N2C[C@]3(I)CC2CO3)N=C2N1CC[C@@H](C(C)(F)F)N2CC(=O)c1ccncc1. The van der Waals surface area contributed by atoms with E-state index >= 15 is 0 Å². The van der Waals surface area contributed by atoms with Crippen LogP contribution in [0.25, 0.3) is 0 Å². The Hall–Kier alpha value is -1.82. The molecule has 3 fully saturated rings. The van der Waals surface area contributed by atoms with Crippen molar-refractivity contribution in [3.63, 3.8) is 0 Å². The van der Waals surface area contributed by atoms with Gasteiger partial charge in [0.15, 0.2) is 5.78 Å². The molecular formula is C22H26F2IN5O2. The summed E-state index contributed by atoms with van der Waals surface area (Å²) in [4.78, 5) is 27.6. The Morgan fingerprint density at radius 3 is 2.72 bits per heavy atom. The number of carbonyl (C=O) groups excluding carboxylic acids is 1. The number of ketones is 1. The van der Waals surface area contributed by atoms with Crippen LogP contribution >= 0.6 is 22.6 Å². The number of fused-ring (bicyclic) bond motifs is 3. The fourth-order valence-electron chi connectivity index (χ4n) is 5.11. The average Bonchev–Trinajstić information content (AvgIpc) is 3.30. The number of ether oxygens (including phenoxy) is 1. The van der Waals surface area contributed by atoms with Gasteiger partial charge in [0.05, 0.1) is 37.8 Å². The van der Waals surface area contributed by atoms with E-state index in [9.17, 15) is 13.6 Å². The Balaban J connectivity index is 1.48. The first-order valence-corrected chi connectivity index (χ1v) is 12.0. The second kappa shape index (κ2) is 7.89. The van der Waals surface area contributed by atoms with E-state index < -0.39 is 12.0 Å². The fourth-order valence-corrected chi connectivity index (χ4v) is 6.17. The van der Waals surface area contributed by atoms with Crippen molar-refractivity contribution in [1.82, 2.24) is 19.7 Å². The van der Waals surface area contributed by atoms with Gasteiger partial charge < -0.3 is 19.4 Å². The van der Waals surface area contributed by atoms with Crippen LogP contribution in [-0.4, -0.2) is 85.3 Å². The third-order valence-electron chi connectivity index (χ3n) is 6.75. The van der Waals surface area contributed by atoms with Gasteiger partial charge in [-0.1, -0.05) is 0 Å². The Kier molecular flexibility index (Phi) is 5.43. The molecule has 0 saturated carbocycles. The number of hydrogen-bond donors (Lipinski definition) is 0. The lowest BCUT2D eigenvalue weighted by Gasteiger charge is -2.49. The van der Waals surface area contributed by atoms with Gasteiger partial charge in [-0.2, -0.15) is 4.99 Å². The number of alkyl halides is 3. The van der Waals surface area contributed by atoms with Crippen molar-refractivity contribution in [2.24, 2.45) is 4.99 Å². The molecule has 172 valence electrons. The van der Waals surface area contributed by atoms with Crippen molar-refractivity contribution in [3.05, 3.63) is 42.0 Å². The van der Waals surface area contributed by atoms with Crippen LogP contribution in [0.3, 0.4) is 0 Å². The molecule has 2 bridgehead atoms. The Morgan fingerprint density at radius 1 is 1.34 bits per heavy atom. The molecule has 4 atom stereocenters. The zero-order valence-electron chi connectivity index (χ0n) is 18.0. The zero-order valence-corrected chi connectivity index (χ0v) is 20.2. The summed E-state index contributed by atoms with van der Waals surface area (Å²) in [6.45, 7) is 4.65. The molecule has 0 radical (unpaired) electrons. The summed E-state index contributed by atoms with van der Waals surface area (Å²) in [5.74, 6) is -1.95. The molecule has 4 aliphatic heterocycles. The van der Waals surface area contributed by atoms with Crippen molar-refractivity contribution < 1.29 is 18.3 Å². The maximum Gasteiger partial charge on any atom is 0.265 e. The highest BCUT2D eigenvalue weighted by atomic mass is 127. The van der Waals surface area contributed by atoms with E-state index in [-0.39, 0.29) is 34.4 Å². The summed E-state index contributed by atoms with van der Waals surface area (Å²) < 4.78 is 35.0. The number of hydrogen-bond acceptors (Lipinski definition) is 7. The summed E-state index contributed by atoms with van der Waals surface area (Å²) in [7, 11) is 0. The molecule has 0 aliphatic carbocycles. The highest BCUT2D eigenvalue weighted by Crippen LogP contribution is 2.45. The molecule has 0 N–H and O–H groups in total. The number of likely N-dealkylation sites (tertiary alicyclic amines) is 1. The van der Waals surface area contributed by atoms with Gasteiger partial charge in [0, 0.05) is 37.8 Å². The minimum absolute atomic E-state index is 0.00679. The van der Waals surface area contributed by atoms with Gasteiger partial charge in [-0.25, -0.2) is 8.78 Å². The van der Waals surface area contributed by atoms with Crippen LogP contribution in [0.2, 0.25) is 0 Å². The molecule has 0 amide bonds. The summed E-state index contributed by atoms with van der Waals surface area (Å²) in [5.41, 5.74) is 0.455. The van der Waals surface area contributed by atoms with Crippen molar-refractivity contribution in [1.29, 1.82) is 0 Å². The van der Waals surface area contributed by atoms with Crippen LogP contribution in [0.15, 0.2) is 41.4 Å². The lowest BCUT2D eigenvalue weighted by atomic mass is 10.00. The van der Waals surface area contributed by atoms with Gasteiger partial charge in [0.1, 0.15) is 9.43 Å². The van der Waals surface area contributed by atoms with E-state index in [0.29, 0.717) is 24.7 Å². The lowest BCUT2D eigenvalue weighted by molar-refractivity contribution is -0.0621. The number of aliphatic imine (C=N–C) groups is 1. The van der Waals surface area contributed by atoms with Gasteiger partial charge in [-0.05, 0) is 54.1 Å². The fraction of sp³-hybridized carbons (Fsp3) is 0.591. The molecule has 32 heavy (non-hydrogen) atoms. The molecule has 5 rings (SSSR count). The van der Waals surface area contributed by atoms with Gasteiger partial charge in [0.2, 0.25) is 5.96 Å². The van der Waals surface area contributed by atoms with Crippen LogP contribution in [0.4, 0.5) is 8.78 Å². The van der Waals surface area contributed by atoms with Gasteiger partial charge >= 0.3 is 0 Å². The van der Waals surface area contributed by atoms with E-state index in [1.165, 1.54) is 17.3 Å². The number of aromatic nitrogens is 1. The number of nitrogens with zero attached hydrogens (tertiary/aromatic N) is 5. The molecule has 7 nitrogen and oxygen atoms in total. The molecule has 1 aromatic rings. The van der Waals surface area contributed by atoms with Crippen LogP contribution in [0.5, 0.6) is 0 Å². The Labute approximate surface area is 199 Å². The van der Waals surface area contributed by atoms with Crippen molar-refractivity contribution >= 4 is 34.3 Å². The average molecular weight is 557 g/mol. The van der Waals surface area contributed by atoms with Crippen LogP contribution in [0.1, 0.15) is 37.0 Å². The molecule has 0 aromatic carbocycles. The van der Waals surface area contributed by atoms with Crippen LogP contribution < -0.4 is 0 Å². The van der Waals surface area contributed by atoms with Crippen molar-refractivity contribution in [2.45, 2.75) is 54.3 Å². The van der Waals surface area contributed by atoms with E-state index in [2.05, 4.69) is 38.6 Å². The maximum atomic E-state index is 14.7. The second-order valence-electron chi connectivity index (χ2n) is 9.10. The molecule has 10 heteroatoms. The smallest absolute Gasteiger partial charge is 0.265 e. The number of Topliss-reactive ketones (excluding diaryl/α,β-unsaturated/α-hetero) is 1. The van der Waals surface area contributed by atoms with Crippen molar-refractivity contribution in [2.75, 3.05) is 26.2 Å². The highest BCUT2D eigenvalue weighted by Gasteiger charge is 2.51. The van der Waals surface area contributed by atoms with Gasteiger partial charge in [0.25, 0.3) is 5.92 Å². The minimum atomic E-state index is -2.97. The Morgan fingerprint density at radius 2 is 2.09 bits per heavy atom. The molecular weight excluding hydrogens is 531 g/mol. The number of morpholine rings is 1. The predicted molar refractivity (Wildman–Crippen MR) is 124 cm³/mol. The zero-order chi connectivity index (χ0) is 22.7. The number of pyridine rings is 1. The van der Waals surface area contributed by atoms with Crippen LogP contribution in [-0.2, 0) is 4.74 Å². The molecule has 2 unspecified atom stereocenters. The number of halogens is 3. The first-order valence-electron chi connectivity index (χ1n) is 10.9. The first-order chi connectivity index (χ1) is 15.1. The summed E-state index contributed by atoms with van der Waals surface area (Å²) in [6, 6.07) is 2.36. The lowest BCUT2D eigenvalue weighted by Crippen LogP contribution is -2.63.